The smallest absolute Gasteiger partial charge is 0.410 e. The van der Waals surface area contributed by atoms with E-state index in [0.717, 1.165) is 49.4 Å². The van der Waals surface area contributed by atoms with E-state index < -0.39 is 5.60 Å². The highest BCUT2D eigenvalue weighted by atomic mass is 16.6. The van der Waals surface area contributed by atoms with Crippen LogP contribution in [0, 0.1) is 0 Å². The van der Waals surface area contributed by atoms with Crippen molar-refractivity contribution in [1.29, 1.82) is 0 Å². The number of piperidine rings is 1. The molecule has 0 saturated carbocycles. The van der Waals surface area contributed by atoms with Crippen molar-refractivity contribution in [3.63, 3.8) is 0 Å². The number of carbonyl (C=O) groups is 1. The Morgan fingerprint density at radius 2 is 1.53 bits per heavy atom. The van der Waals surface area contributed by atoms with Crippen molar-refractivity contribution < 1.29 is 9.53 Å². The molecule has 2 heterocycles. The van der Waals surface area contributed by atoms with Crippen LogP contribution in [0.4, 0.5) is 16.2 Å². The molecule has 0 aliphatic carbocycles. The number of amides is 1. The van der Waals surface area contributed by atoms with Crippen molar-refractivity contribution in [2.24, 2.45) is 0 Å². The summed E-state index contributed by atoms with van der Waals surface area (Å²) in [6, 6.07) is 23.1. The average molecular weight is 487 g/mol. The fourth-order valence-corrected chi connectivity index (χ4v) is 4.63. The molecule has 0 spiro atoms. The molecule has 1 amide bonds. The number of hydrogen-bond donors (Lipinski definition) is 0. The van der Waals surface area contributed by atoms with E-state index in [1.165, 1.54) is 5.56 Å². The SMILES string of the molecule is CN(c1ccncc1)c1ccc(CN(C(=O)OC(C)(C)C)C2CCN(Cc3ccccc3)CC2)cc1. The lowest BCUT2D eigenvalue weighted by molar-refractivity contribution is 0.00539. The lowest BCUT2D eigenvalue weighted by atomic mass is 10.0. The Hall–Kier alpha value is -3.38. The van der Waals surface area contributed by atoms with E-state index >= 15 is 0 Å². The van der Waals surface area contributed by atoms with Crippen LogP contribution in [-0.4, -0.2) is 52.7 Å². The zero-order valence-electron chi connectivity index (χ0n) is 21.9. The van der Waals surface area contributed by atoms with Gasteiger partial charge in [0.05, 0.1) is 0 Å². The number of ether oxygens (including phenoxy) is 1. The first-order chi connectivity index (χ1) is 17.3. The van der Waals surface area contributed by atoms with Gasteiger partial charge < -0.3 is 14.5 Å². The van der Waals surface area contributed by atoms with Gasteiger partial charge in [-0.2, -0.15) is 0 Å². The normalized spacial score (nSPS) is 14.9. The number of pyridine rings is 1. The maximum Gasteiger partial charge on any atom is 0.410 e. The van der Waals surface area contributed by atoms with Gasteiger partial charge in [-0.05, 0) is 69.0 Å². The van der Waals surface area contributed by atoms with Gasteiger partial charge in [-0.25, -0.2) is 4.79 Å². The number of aromatic nitrogens is 1. The van der Waals surface area contributed by atoms with Gasteiger partial charge in [0.15, 0.2) is 0 Å². The van der Waals surface area contributed by atoms with E-state index in [4.69, 9.17) is 4.74 Å². The monoisotopic (exact) mass is 486 g/mol. The van der Waals surface area contributed by atoms with Crippen molar-refractivity contribution in [3.05, 3.63) is 90.3 Å². The maximum absolute atomic E-state index is 13.3. The summed E-state index contributed by atoms with van der Waals surface area (Å²) in [5.74, 6) is 0. The van der Waals surface area contributed by atoms with Crippen molar-refractivity contribution in [3.8, 4) is 0 Å². The Balaban J connectivity index is 1.43. The second-order valence-electron chi connectivity index (χ2n) is 10.5. The van der Waals surface area contributed by atoms with Crippen LogP contribution in [0.25, 0.3) is 0 Å². The molecule has 0 unspecified atom stereocenters. The summed E-state index contributed by atoms with van der Waals surface area (Å²) in [7, 11) is 2.04. The van der Waals surface area contributed by atoms with Crippen LogP contribution in [0.1, 0.15) is 44.7 Å². The van der Waals surface area contributed by atoms with Gasteiger partial charge in [0.25, 0.3) is 0 Å². The maximum atomic E-state index is 13.3. The average Bonchev–Trinajstić information content (AvgIpc) is 2.88. The van der Waals surface area contributed by atoms with Crippen LogP contribution >= 0.6 is 0 Å². The highest BCUT2D eigenvalue weighted by Gasteiger charge is 2.31. The van der Waals surface area contributed by atoms with Gasteiger partial charge in [-0.3, -0.25) is 9.88 Å². The van der Waals surface area contributed by atoms with Crippen molar-refractivity contribution in [2.75, 3.05) is 25.0 Å². The molecule has 4 rings (SSSR count). The summed E-state index contributed by atoms with van der Waals surface area (Å²) in [6.45, 7) is 9.20. The van der Waals surface area contributed by atoms with Crippen LogP contribution in [0.2, 0.25) is 0 Å². The quantitative estimate of drug-likeness (QED) is 0.395. The first-order valence-electron chi connectivity index (χ1n) is 12.8. The Bertz CT molecular complexity index is 1090. The molecule has 2 aromatic carbocycles. The second-order valence-corrected chi connectivity index (χ2v) is 10.5. The van der Waals surface area contributed by atoms with Gasteiger partial charge in [-0.15, -0.1) is 0 Å². The van der Waals surface area contributed by atoms with E-state index in [9.17, 15) is 4.79 Å². The Morgan fingerprint density at radius 3 is 2.14 bits per heavy atom. The number of nitrogens with zero attached hydrogens (tertiary/aromatic N) is 4. The van der Waals surface area contributed by atoms with Gasteiger partial charge in [-0.1, -0.05) is 42.5 Å². The third kappa shape index (κ3) is 7.08. The summed E-state index contributed by atoms with van der Waals surface area (Å²) in [5.41, 5.74) is 4.06. The molecule has 1 aromatic heterocycles. The third-order valence-electron chi connectivity index (χ3n) is 6.60. The number of rotatable bonds is 7. The lowest BCUT2D eigenvalue weighted by Gasteiger charge is -2.39. The summed E-state index contributed by atoms with van der Waals surface area (Å²) < 4.78 is 5.83. The van der Waals surface area contributed by atoms with E-state index in [2.05, 4.69) is 69.4 Å². The van der Waals surface area contributed by atoms with E-state index in [-0.39, 0.29) is 12.1 Å². The van der Waals surface area contributed by atoms with Gasteiger partial charge in [0.1, 0.15) is 5.60 Å². The number of anilines is 2. The molecule has 6 nitrogen and oxygen atoms in total. The molecule has 36 heavy (non-hydrogen) atoms. The standard InChI is InChI=1S/C30H38N4O2/c1-30(2,3)36-29(35)34(28-16-20-33(21-17-28)22-24-8-6-5-7-9-24)23-25-10-12-26(13-11-25)32(4)27-14-18-31-19-15-27/h5-15,18-19,28H,16-17,20-23H2,1-4H3. The number of likely N-dealkylation sites (tertiary alicyclic amines) is 1. The molecular formula is C30H38N4O2. The summed E-state index contributed by atoms with van der Waals surface area (Å²) in [6.07, 6.45) is 5.24. The van der Waals surface area contributed by atoms with Crippen LogP contribution in [-0.2, 0) is 17.8 Å². The Morgan fingerprint density at radius 1 is 0.917 bits per heavy atom. The molecule has 1 aliphatic heterocycles. The fraction of sp³-hybridized carbons (Fsp3) is 0.400. The minimum atomic E-state index is -0.527. The van der Waals surface area contributed by atoms with Gasteiger partial charge in [0.2, 0.25) is 0 Å². The predicted molar refractivity (Wildman–Crippen MR) is 145 cm³/mol. The van der Waals surface area contributed by atoms with Crippen LogP contribution < -0.4 is 4.90 Å². The van der Waals surface area contributed by atoms with Gasteiger partial charge in [0, 0.05) is 63.0 Å². The molecular weight excluding hydrogens is 448 g/mol. The highest BCUT2D eigenvalue weighted by molar-refractivity contribution is 5.69. The molecule has 0 bridgehead atoms. The summed E-state index contributed by atoms with van der Waals surface area (Å²) in [4.78, 5) is 23.9. The van der Waals surface area contributed by atoms with Crippen LogP contribution in [0.15, 0.2) is 79.1 Å². The third-order valence-corrected chi connectivity index (χ3v) is 6.60. The van der Waals surface area contributed by atoms with Crippen molar-refractivity contribution >= 4 is 17.5 Å². The van der Waals surface area contributed by atoms with Crippen LogP contribution in [0.5, 0.6) is 0 Å². The molecule has 1 aliphatic rings. The molecule has 1 fully saturated rings. The predicted octanol–water partition coefficient (Wildman–Crippen LogP) is 6.25. The molecule has 0 radical (unpaired) electrons. The largest absolute Gasteiger partial charge is 0.444 e. The minimum Gasteiger partial charge on any atom is -0.444 e. The highest BCUT2D eigenvalue weighted by Crippen LogP contribution is 2.26. The molecule has 3 aromatic rings. The molecule has 6 heteroatoms. The first-order valence-corrected chi connectivity index (χ1v) is 12.8. The number of hydrogen-bond acceptors (Lipinski definition) is 5. The number of carbonyl (C=O) groups excluding carboxylic acids is 1. The van der Waals surface area contributed by atoms with Crippen molar-refractivity contribution in [1.82, 2.24) is 14.8 Å². The topological polar surface area (TPSA) is 48.9 Å². The lowest BCUT2D eigenvalue weighted by Crippen LogP contribution is -2.48. The second kappa shape index (κ2) is 11.6. The molecule has 0 atom stereocenters. The molecule has 190 valence electrons. The van der Waals surface area contributed by atoms with Crippen LogP contribution in [0.3, 0.4) is 0 Å². The van der Waals surface area contributed by atoms with E-state index in [1.807, 2.05) is 44.9 Å². The van der Waals surface area contributed by atoms with Gasteiger partial charge >= 0.3 is 6.09 Å². The summed E-state index contributed by atoms with van der Waals surface area (Å²) in [5, 5.41) is 0. The summed E-state index contributed by atoms with van der Waals surface area (Å²) >= 11 is 0. The molecule has 0 N–H and O–H groups in total. The van der Waals surface area contributed by atoms with E-state index in [0.29, 0.717) is 6.54 Å². The Kier molecular flexibility index (Phi) is 8.26. The minimum absolute atomic E-state index is 0.158. The fourth-order valence-electron chi connectivity index (χ4n) is 4.63. The zero-order valence-corrected chi connectivity index (χ0v) is 21.9. The number of benzene rings is 2. The molecule has 1 saturated heterocycles. The van der Waals surface area contributed by atoms with Crippen molar-refractivity contribution in [2.45, 2.75) is 58.3 Å². The zero-order chi connectivity index (χ0) is 25.5. The Labute approximate surface area is 215 Å². The first kappa shape index (κ1) is 25.7. The van der Waals surface area contributed by atoms with E-state index in [1.54, 1.807) is 12.4 Å².